The molecule has 4 heterocycles. The molecule has 138 valence electrons. The Bertz CT molecular complexity index is 1000. The molecule has 1 unspecified atom stereocenters. The topological polar surface area (TPSA) is 66.5 Å². The molecule has 1 atom stereocenters. The van der Waals surface area contributed by atoms with E-state index in [4.69, 9.17) is 23.7 Å². The lowest BCUT2D eigenvalue weighted by Crippen LogP contribution is -2.45. The van der Waals surface area contributed by atoms with Gasteiger partial charge in [0.1, 0.15) is 5.56 Å². The van der Waals surface area contributed by atoms with Crippen molar-refractivity contribution in [1.29, 1.82) is 0 Å². The Morgan fingerprint density at radius 3 is 2.56 bits per heavy atom. The maximum atomic E-state index is 12.8. The van der Waals surface area contributed by atoms with Crippen LogP contribution in [-0.2, 0) is 23.3 Å². The van der Waals surface area contributed by atoms with Crippen molar-refractivity contribution < 1.29 is 28.5 Å². The SMILES string of the molecule is CN1CCc2cc3c(cc2CC12OC(=O)c1c2ccc2c1OCO2)OCO3. The summed E-state index contributed by atoms with van der Waals surface area (Å²) in [6.07, 6.45) is 1.37. The van der Waals surface area contributed by atoms with Gasteiger partial charge in [-0.15, -0.1) is 0 Å². The molecule has 4 aliphatic rings. The number of likely N-dealkylation sites (N-methyl/N-ethyl adjacent to an activating group) is 1. The quantitative estimate of drug-likeness (QED) is 0.661. The molecule has 7 nitrogen and oxygen atoms in total. The van der Waals surface area contributed by atoms with Gasteiger partial charge in [0.2, 0.25) is 13.6 Å². The number of hydrogen-bond donors (Lipinski definition) is 0. The lowest BCUT2D eigenvalue weighted by molar-refractivity contribution is -0.101. The largest absolute Gasteiger partial charge is 0.454 e. The maximum absolute atomic E-state index is 12.8. The summed E-state index contributed by atoms with van der Waals surface area (Å²) in [7, 11) is 1.99. The van der Waals surface area contributed by atoms with Crippen molar-refractivity contribution >= 4 is 5.97 Å². The Morgan fingerprint density at radius 2 is 1.70 bits per heavy atom. The van der Waals surface area contributed by atoms with Crippen LogP contribution in [0, 0.1) is 0 Å². The standard InChI is InChI=1S/C20H17NO6/c1-21-5-4-11-6-15-16(25-9-24-15)7-12(11)8-20(21)13-2-3-14-18(26-10-23-14)17(13)19(22)27-20/h2-3,6-7H,4-5,8-10H2,1H3. The zero-order valence-corrected chi connectivity index (χ0v) is 14.7. The summed E-state index contributed by atoms with van der Waals surface area (Å²) in [5.74, 6) is 2.22. The summed E-state index contributed by atoms with van der Waals surface area (Å²) in [6, 6.07) is 7.83. The number of fused-ring (bicyclic) bond motifs is 6. The average molecular weight is 367 g/mol. The van der Waals surface area contributed by atoms with Crippen molar-refractivity contribution in [3.05, 3.63) is 46.5 Å². The number of rotatable bonds is 0. The minimum absolute atomic E-state index is 0.119. The Labute approximate surface area is 155 Å². The molecule has 0 fully saturated rings. The fourth-order valence-corrected chi connectivity index (χ4v) is 4.46. The predicted octanol–water partition coefficient (Wildman–Crippen LogP) is 2.20. The zero-order valence-electron chi connectivity index (χ0n) is 14.7. The normalized spacial score (nSPS) is 24.6. The number of ether oxygens (including phenoxy) is 5. The highest BCUT2D eigenvalue weighted by atomic mass is 16.7. The van der Waals surface area contributed by atoms with Crippen LogP contribution in [0.4, 0.5) is 0 Å². The molecule has 6 rings (SSSR count). The van der Waals surface area contributed by atoms with E-state index in [0.29, 0.717) is 23.5 Å². The van der Waals surface area contributed by atoms with Crippen molar-refractivity contribution in [1.82, 2.24) is 4.90 Å². The van der Waals surface area contributed by atoms with Gasteiger partial charge in [0.25, 0.3) is 0 Å². The third kappa shape index (κ3) is 1.92. The van der Waals surface area contributed by atoms with Gasteiger partial charge >= 0.3 is 5.97 Å². The first kappa shape index (κ1) is 15.2. The van der Waals surface area contributed by atoms with Crippen LogP contribution in [0.2, 0.25) is 0 Å². The average Bonchev–Trinajstić information content (AvgIpc) is 3.35. The molecular formula is C20H17NO6. The van der Waals surface area contributed by atoms with E-state index in [2.05, 4.69) is 4.90 Å². The van der Waals surface area contributed by atoms with Crippen molar-refractivity contribution in [2.24, 2.45) is 0 Å². The Morgan fingerprint density at radius 1 is 0.963 bits per heavy atom. The third-order valence-electron chi connectivity index (χ3n) is 5.88. The summed E-state index contributed by atoms with van der Waals surface area (Å²) in [5.41, 5.74) is 2.72. The van der Waals surface area contributed by atoms with Crippen LogP contribution < -0.4 is 18.9 Å². The van der Waals surface area contributed by atoms with Crippen molar-refractivity contribution in [3.8, 4) is 23.0 Å². The smallest absolute Gasteiger partial charge is 0.344 e. The fraction of sp³-hybridized carbons (Fsp3) is 0.350. The van der Waals surface area contributed by atoms with Crippen LogP contribution in [0.15, 0.2) is 24.3 Å². The second-order valence-corrected chi connectivity index (χ2v) is 7.22. The first-order chi connectivity index (χ1) is 13.2. The van der Waals surface area contributed by atoms with Crippen molar-refractivity contribution in [2.75, 3.05) is 27.2 Å². The van der Waals surface area contributed by atoms with E-state index >= 15 is 0 Å². The fourth-order valence-electron chi connectivity index (χ4n) is 4.46. The number of hydrogen-bond acceptors (Lipinski definition) is 7. The van der Waals surface area contributed by atoms with Gasteiger partial charge < -0.3 is 23.7 Å². The highest BCUT2D eigenvalue weighted by molar-refractivity contribution is 5.99. The molecule has 0 amide bonds. The number of carbonyl (C=O) groups excluding carboxylic acids is 1. The van der Waals surface area contributed by atoms with Crippen LogP contribution in [0.1, 0.15) is 27.0 Å². The van der Waals surface area contributed by atoms with Crippen LogP contribution in [0.25, 0.3) is 0 Å². The van der Waals surface area contributed by atoms with Gasteiger partial charge in [-0.25, -0.2) is 4.79 Å². The number of esters is 1. The molecule has 0 bridgehead atoms. The monoisotopic (exact) mass is 367 g/mol. The first-order valence-corrected chi connectivity index (χ1v) is 8.95. The lowest BCUT2D eigenvalue weighted by Gasteiger charge is -2.36. The molecule has 27 heavy (non-hydrogen) atoms. The van der Waals surface area contributed by atoms with Gasteiger partial charge in [0.05, 0.1) is 0 Å². The minimum atomic E-state index is -0.869. The van der Waals surface area contributed by atoms with E-state index < -0.39 is 5.72 Å². The summed E-state index contributed by atoms with van der Waals surface area (Å²) in [5, 5.41) is 0. The number of nitrogens with zero attached hydrogens (tertiary/aromatic N) is 1. The van der Waals surface area contributed by atoms with Crippen LogP contribution in [-0.4, -0.2) is 38.0 Å². The Kier molecular flexibility index (Phi) is 2.85. The van der Waals surface area contributed by atoms with Gasteiger partial charge in [-0.3, -0.25) is 4.90 Å². The first-order valence-electron chi connectivity index (χ1n) is 8.95. The molecule has 0 saturated heterocycles. The molecule has 7 heteroatoms. The maximum Gasteiger partial charge on any atom is 0.344 e. The Hall–Kier alpha value is -2.93. The molecule has 2 aromatic rings. The number of benzene rings is 2. The molecule has 0 radical (unpaired) electrons. The second-order valence-electron chi connectivity index (χ2n) is 7.22. The van der Waals surface area contributed by atoms with Crippen molar-refractivity contribution in [2.45, 2.75) is 18.6 Å². The molecule has 1 spiro atoms. The van der Waals surface area contributed by atoms with E-state index in [0.717, 1.165) is 35.6 Å². The molecule has 0 N–H and O–H groups in total. The summed E-state index contributed by atoms with van der Waals surface area (Å²) >= 11 is 0. The van der Waals surface area contributed by atoms with Crippen molar-refractivity contribution in [3.63, 3.8) is 0 Å². The molecule has 0 saturated carbocycles. The zero-order chi connectivity index (χ0) is 18.2. The molecular weight excluding hydrogens is 350 g/mol. The second kappa shape index (κ2) is 5.07. The Balaban J connectivity index is 1.53. The molecule has 0 aliphatic carbocycles. The van der Waals surface area contributed by atoms with Crippen LogP contribution >= 0.6 is 0 Å². The molecule has 0 aromatic heterocycles. The van der Waals surface area contributed by atoms with Gasteiger partial charge in [-0.2, -0.15) is 0 Å². The van der Waals surface area contributed by atoms with E-state index in [-0.39, 0.29) is 19.6 Å². The summed E-state index contributed by atoms with van der Waals surface area (Å²) in [4.78, 5) is 14.9. The predicted molar refractivity (Wildman–Crippen MR) is 92.3 cm³/mol. The van der Waals surface area contributed by atoms with E-state index in [9.17, 15) is 4.79 Å². The lowest BCUT2D eigenvalue weighted by atomic mass is 9.91. The third-order valence-corrected chi connectivity index (χ3v) is 5.88. The minimum Gasteiger partial charge on any atom is -0.454 e. The molecule has 2 aromatic carbocycles. The van der Waals surface area contributed by atoms with Gasteiger partial charge in [0.15, 0.2) is 28.7 Å². The molecule has 4 aliphatic heterocycles. The van der Waals surface area contributed by atoms with E-state index in [1.807, 2.05) is 31.3 Å². The summed E-state index contributed by atoms with van der Waals surface area (Å²) in [6.45, 7) is 1.10. The van der Waals surface area contributed by atoms with E-state index in [1.165, 1.54) is 5.56 Å². The van der Waals surface area contributed by atoms with Crippen LogP contribution in [0.5, 0.6) is 23.0 Å². The van der Waals surface area contributed by atoms with Gasteiger partial charge in [-0.05, 0) is 48.9 Å². The highest BCUT2D eigenvalue weighted by Gasteiger charge is 2.52. The van der Waals surface area contributed by atoms with E-state index in [1.54, 1.807) is 0 Å². The highest BCUT2D eigenvalue weighted by Crippen LogP contribution is 2.50. The number of carbonyl (C=O) groups is 1. The van der Waals surface area contributed by atoms with Gasteiger partial charge in [0, 0.05) is 18.5 Å². The summed E-state index contributed by atoms with van der Waals surface area (Å²) < 4.78 is 28.1. The van der Waals surface area contributed by atoms with Crippen LogP contribution in [0.3, 0.4) is 0 Å². The van der Waals surface area contributed by atoms with Gasteiger partial charge in [-0.1, -0.05) is 0 Å².